The molecule has 1 rings (SSSR count). The monoisotopic (exact) mass is 1720 g/mol. The lowest BCUT2D eigenvalue weighted by Crippen LogP contribution is -2.34. The van der Waals surface area contributed by atoms with Crippen molar-refractivity contribution in [3.8, 4) is 5.75 Å². The first-order valence-electron chi connectivity index (χ1n) is 47.7. The summed E-state index contributed by atoms with van der Waals surface area (Å²) in [7, 11) is 2.10. The van der Waals surface area contributed by atoms with Crippen LogP contribution in [0.15, 0.2) is 24.3 Å². The molecule has 0 aliphatic carbocycles. The molecule has 0 saturated carbocycles. The summed E-state index contributed by atoms with van der Waals surface area (Å²) in [6.45, 7) is 95.1. The Morgan fingerprint density at radius 3 is 1.13 bits per heavy atom. The van der Waals surface area contributed by atoms with Gasteiger partial charge in [-0.3, -0.25) is 33.6 Å². The predicted octanol–water partition coefficient (Wildman–Crippen LogP) is 24.6. The summed E-state index contributed by atoms with van der Waals surface area (Å²) in [6, 6.07) is 8.65. The van der Waals surface area contributed by atoms with Crippen molar-refractivity contribution in [1.82, 2.24) is 36.8 Å². The second-order valence-electron chi connectivity index (χ2n) is 43.8. The van der Waals surface area contributed by atoms with E-state index in [1.165, 1.54) is 31.2 Å². The standard InChI is InChI=1S/C14H30N2O.C13H20O.C12H25NO.C11H23NO2.C11H23NO.C11H22O2.C11H24O.2C10H21NO/c1-12(2)11-16(6)10-9-15-13(17)7-8-14(3,4)5;1-10(2)9-14-13-7-5-12(6-8-13)11(3)4;1-10(2)6-5-9-13-12(14)8-7-11(3)4;1-9(2)6-14-7-10(13)12-8-11(3,4)5;1-9(2)5-6-11(13)12-8-7-10(3)4;1-9(2)5-6-11(12)8-13-7-10(3)4;1-10(2)12-9-7-6-8-11(3,4)5;1-8(2)11-9(12)6-7-10(3,4)5;1-8(2)5-6-10(12)11-7-9(3)4/h12H,7-11H2,1-6H3,(H,15,17);5-8,10-11H,9H2,1-4H3;10-11H,5-9H2,1-4H3,(H,13,14);9H,6-8H2,1-5H3,(H,12,13);9-10H,5-8H2,1-4H3,(H,12,13);9-10H,5-8H2,1-4H3;10H,6-9H2,1-5H3;8H,6-7H2,1-5H3,(H,11,12);8-9H,5-7H2,1-4H3,(H,11,12). The maximum Gasteiger partial charge on any atom is 0.246 e. The van der Waals surface area contributed by atoms with Crippen LogP contribution in [0, 0.1) is 86.8 Å². The van der Waals surface area contributed by atoms with Gasteiger partial charge in [-0.05, 0) is 216 Å². The molecule has 0 aliphatic rings. The van der Waals surface area contributed by atoms with Crippen molar-refractivity contribution in [2.45, 2.75) is 411 Å². The summed E-state index contributed by atoms with van der Waals surface area (Å²) < 4.78 is 21.5. The second kappa shape index (κ2) is 81.1. The second-order valence-corrected chi connectivity index (χ2v) is 43.8. The highest BCUT2D eigenvalue weighted by atomic mass is 16.5. The molecule has 6 N–H and O–H groups in total. The van der Waals surface area contributed by atoms with Gasteiger partial charge < -0.3 is 55.7 Å². The summed E-state index contributed by atoms with van der Waals surface area (Å²) >= 11 is 0. The fourth-order valence-corrected chi connectivity index (χ4v) is 9.66. The van der Waals surface area contributed by atoms with Gasteiger partial charge in [0.15, 0.2) is 5.78 Å². The number of likely N-dealkylation sites (N-methyl/N-ethyl adjacent to an activating group) is 1. The molecule has 0 aliphatic heterocycles. The summed E-state index contributed by atoms with van der Waals surface area (Å²) in [5.41, 5.74) is 2.48. The number of rotatable bonds is 49. The van der Waals surface area contributed by atoms with E-state index < -0.39 is 0 Å². The number of amides is 6. The lowest BCUT2D eigenvalue weighted by molar-refractivity contribution is -0.126. The third-order valence-corrected chi connectivity index (χ3v) is 17.1. The highest BCUT2D eigenvalue weighted by molar-refractivity contribution is 5.80. The Balaban J connectivity index is -0.000000198. The van der Waals surface area contributed by atoms with Crippen molar-refractivity contribution in [2.75, 3.05) is 92.5 Å². The fourth-order valence-electron chi connectivity index (χ4n) is 9.66. The van der Waals surface area contributed by atoms with Crippen LogP contribution in [0.3, 0.4) is 0 Å². The first-order chi connectivity index (χ1) is 55.4. The molecule has 1 aromatic carbocycles. The van der Waals surface area contributed by atoms with E-state index in [2.05, 4.69) is 331 Å². The van der Waals surface area contributed by atoms with E-state index in [0.29, 0.717) is 142 Å². The first-order valence-corrected chi connectivity index (χ1v) is 47.7. The Hall–Kier alpha value is -4.65. The minimum absolute atomic E-state index is 0.0272. The summed E-state index contributed by atoms with van der Waals surface area (Å²) in [5, 5.41) is 17.5. The maximum atomic E-state index is 11.6. The van der Waals surface area contributed by atoms with Gasteiger partial charge in [0.1, 0.15) is 19.0 Å². The number of carbonyl (C=O) groups excluding carboxylic acids is 7. The maximum absolute atomic E-state index is 11.6. The van der Waals surface area contributed by atoms with E-state index in [0.717, 1.165) is 116 Å². The van der Waals surface area contributed by atoms with Crippen LogP contribution in [-0.2, 0) is 47.8 Å². The smallest absolute Gasteiger partial charge is 0.246 e. The highest BCUT2D eigenvalue weighted by Gasteiger charge is 2.17. The topological polar surface area (TPSA) is 232 Å². The molecule has 0 radical (unpaired) electrons. The molecular formula is C103H209N7O11. The van der Waals surface area contributed by atoms with Crippen LogP contribution in [0.25, 0.3) is 0 Å². The molecule has 0 heterocycles. The number of nitrogens with one attached hydrogen (secondary N) is 6. The molecule has 0 fully saturated rings. The van der Waals surface area contributed by atoms with Gasteiger partial charge in [-0.1, -0.05) is 268 Å². The Morgan fingerprint density at radius 1 is 0.355 bits per heavy atom. The molecule has 722 valence electrons. The van der Waals surface area contributed by atoms with Crippen molar-refractivity contribution >= 4 is 41.2 Å². The van der Waals surface area contributed by atoms with Crippen LogP contribution < -0.4 is 36.6 Å². The fraction of sp³-hybridized carbons (Fsp3) is 0.874. The van der Waals surface area contributed by atoms with E-state index in [1.54, 1.807) is 0 Å². The normalized spacial score (nSPS) is 11.5. The summed E-state index contributed by atoms with van der Waals surface area (Å²) in [5.74, 6) is 9.40. The van der Waals surface area contributed by atoms with Gasteiger partial charge in [0.05, 0.1) is 12.7 Å². The van der Waals surface area contributed by atoms with Gasteiger partial charge in [-0.2, -0.15) is 0 Å². The van der Waals surface area contributed by atoms with Gasteiger partial charge in [0.2, 0.25) is 35.4 Å². The molecule has 0 unspecified atom stereocenters. The van der Waals surface area contributed by atoms with E-state index in [1.807, 2.05) is 13.8 Å². The van der Waals surface area contributed by atoms with Gasteiger partial charge in [-0.15, -0.1) is 0 Å². The number of nitrogens with zero attached hydrogens (tertiary/aromatic N) is 1. The molecule has 6 amide bonds. The zero-order chi connectivity index (χ0) is 95.7. The summed E-state index contributed by atoms with van der Waals surface area (Å²) in [6.07, 6.45) is 17.4. The third kappa shape index (κ3) is 134. The molecule has 1 aromatic rings. The molecule has 18 nitrogen and oxygen atoms in total. The van der Waals surface area contributed by atoms with Crippen molar-refractivity contribution < 1.29 is 52.5 Å². The SMILES string of the molecule is CC(C)CCC(=O)COCC(C)C.CC(C)CCC(=O)NCC(C)C.CC(C)CCCNC(=O)CCC(C)C.CC(C)CCNC(=O)CCC(C)C.CC(C)CN(C)CCNC(=O)CCC(C)(C)C.CC(C)COCC(=O)NCC(C)(C)C.CC(C)COc1ccc(C(C)C)cc1.CC(C)NC(=O)CCC(C)(C)C.CC(C)OCCCCC(C)(C)C. The van der Waals surface area contributed by atoms with Crippen molar-refractivity contribution in [3.05, 3.63) is 29.8 Å². The van der Waals surface area contributed by atoms with Gasteiger partial charge in [-0.25, -0.2) is 0 Å². The molecule has 0 bridgehead atoms. The molecular weight excluding hydrogens is 1510 g/mol. The van der Waals surface area contributed by atoms with Crippen molar-refractivity contribution in [2.24, 2.45) is 86.8 Å². The predicted molar refractivity (Wildman–Crippen MR) is 524 cm³/mol. The van der Waals surface area contributed by atoms with Crippen LogP contribution in [0.4, 0.5) is 0 Å². The number of benzene rings is 1. The molecule has 0 spiro atoms. The third-order valence-electron chi connectivity index (χ3n) is 17.1. The number of unbranched alkanes of at least 4 members (excludes halogenated alkanes) is 1. The van der Waals surface area contributed by atoms with Crippen molar-refractivity contribution in [3.63, 3.8) is 0 Å². The van der Waals surface area contributed by atoms with Crippen LogP contribution in [0.5, 0.6) is 5.75 Å². The minimum atomic E-state index is -0.0272. The van der Waals surface area contributed by atoms with Gasteiger partial charge in [0.25, 0.3) is 0 Å². The first kappa shape index (κ1) is 132. The van der Waals surface area contributed by atoms with Crippen molar-refractivity contribution in [1.29, 1.82) is 0 Å². The van der Waals surface area contributed by atoms with Crippen LogP contribution in [-0.4, -0.2) is 151 Å². The van der Waals surface area contributed by atoms with Crippen LogP contribution in [0.1, 0.15) is 404 Å². The Labute approximate surface area is 752 Å². The number of carbonyl (C=O) groups is 7. The average Bonchev–Trinajstić information content (AvgIpc) is 0.894. The zero-order valence-electron chi connectivity index (χ0n) is 87.8. The molecule has 0 aromatic heterocycles. The molecule has 121 heavy (non-hydrogen) atoms. The highest BCUT2D eigenvalue weighted by Crippen LogP contribution is 2.24. The van der Waals surface area contributed by atoms with E-state index in [-0.39, 0.29) is 70.1 Å². The number of hydrogen-bond donors (Lipinski definition) is 6. The van der Waals surface area contributed by atoms with E-state index in [9.17, 15) is 33.6 Å². The van der Waals surface area contributed by atoms with Crippen LogP contribution >= 0.6 is 0 Å². The number of Topliss-reactive ketones (excluding diaryl/α,β-unsaturated/α-hetero) is 1. The number of hydrogen-bond acceptors (Lipinski definition) is 12. The van der Waals surface area contributed by atoms with E-state index in [4.69, 9.17) is 18.9 Å². The molecule has 0 saturated heterocycles. The average molecular weight is 1720 g/mol. The van der Waals surface area contributed by atoms with E-state index >= 15 is 0 Å². The van der Waals surface area contributed by atoms with Gasteiger partial charge >= 0.3 is 0 Å². The number of ketones is 1. The Kier molecular flexibility index (Phi) is 88.4. The Bertz CT molecular complexity index is 2500. The number of ether oxygens (including phenoxy) is 4. The Morgan fingerprint density at radius 2 is 0.752 bits per heavy atom. The minimum Gasteiger partial charge on any atom is -0.493 e. The lowest BCUT2D eigenvalue weighted by Gasteiger charge is -2.20. The lowest BCUT2D eigenvalue weighted by atomic mass is 9.90. The van der Waals surface area contributed by atoms with Crippen LogP contribution in [0.2, 0.25) is 0 Å². The molecule has 18 heteroatoms. The van der Waals surface area contributed by atoms with Gasteiger partial charge in [0, 0.05) is 110 Å². The quantitative estimate of drug-likeness (QED) is 0.0335. The zero-order valence-corrected chi connectivity index (χ0v) is 87.8. The molecule has 0 atom stereocenters. The largest absolute Gasteiger partial charge is 0.493 e. The summed E-state index contributed by atoms with van der Waals surface area (Å²) in [4.78, 5) is 81.1.